The molecule has 78 valence electrons. The highest BCUT2D eigenvalue weighted by Gasteiger charge is 2.25. The Morgan fingerprint density at radius 3 is 1.50 bits per heavy atom. The van der Waals surface area contributed by atoms with Gasteiger partial charge in [0.05, 0.1) is 4.90 Å². The molecule has 0 unspecified atom stereocenters. The van der Waals surface area contributed by atoms with Crippen molar-refractivity contribution in [3.05, 3.63) is 29.1 Å². The molecule has 0 heterocycles. The maximum atomic E-state index is 12.8. The van der Waals surface area contributed by atoms with Crippen molar-refractivity contribution in [2.45, 2.75) is 11.8 Å². The van der Waals surface area contributed by atoms with E-state index >= 15 is 0 Å². The summed E-state index contributed by atoms with van der Waals surface area (Å²) < 4.78 is 63.3. The smallest absolute Gasteiger partial charge is 0.200 e. The van der Waals surface area contributed by atoms with Crippen LogP contribution in [0.2, 0.25) is 0 Å². The van der Waals surface area contributed by atoms with Gasteiger partial charge in [-0.2, -0.15) is 0 Å². The van der Waals surface area contributed by atoms with Gasteiger partial charge in [0.2, 0.25) is 5.82 Å². The van der Waals surface area contributed by atoms with Crippen molar-refractivity contribution in [3.63, 3.8) is 0 Å². The molecular formula is C8H5F5S. The Morgan fingerprint density at radius 2 is 1.14 bits per heavy atom. The molecule has 0 atom stereocenters. The SMILES string of the molecule is CCSc1c(F)c(F)c(F)c(F)c1F. The monoisotopic (exact) mass is 228 g/mol. The third-order valence-electron chi connectivity index (χ3n) is 1.46. The molecular weight excluding hydrogens is 223 g/mol. The van der Waals surface area contributed by atoms with Crippen LogP contribution in [0, 0.1) is 29.1 Å². The number of rotatable bonds is 2. The van der Waals surface area contributed by atoms with Crippen LogP contribution in [0.3, 0.4) is 0 Å². The van der Waals surface area contributed by atoms with Gasteiger partial charge in [0.15, 0.2) is 23.3 Å². The van der Waals surface area contributed by atoms with Crippen LogP contribution in [-0.4, -0.2) is 5.75 Å². The molecule has 14 heavy (non-hydrogen) atoms. The van der Waals surface area contributed by atoms with E-state index < -0.39 is 34.0 Å². The highest BCUT2D eigenvalue weighted by Crippen LogP contribution is 2.30. The van der Waals surface area contributed by atoms with Gasteiger partial charge >= 0.3 is 0 Å². The number of benzene rings is 1. The second-order valence-corrected chi connectivity index (χ2v) is 3.61. The Bertz CT molecular complexity index is 334. The van der Waals surface area contributed by atoms with Crippen LogP contribution in [0.15, 0.2) is 4.90 Å². The van der Waals surface area contributed by atoms with Crippen LogP contribution in [0.4, 0.5) is 22.0 Å². The topological polar surface area (TPSA) is 0 Å². The molecule has 0 fully saturated rings. The van der Waals surface area contributed by atoms with Gasteiger partial charge in [-0.25, -0.2) is 22.0 Å². The molecule has 0 N–H and O–H groups in total. The molecule has 0 aromatic heterocycles. The van der Waals surface area contributed by atoms with Crippen LogP contribution in [0.25, 0.3) is 0 Å². The summed E-state index contributed by atoms with van der Waals surface area (Å²) >= 11 is 0.569. The van der Waals surface area contributed by atoms with Gasteiger partial charge in [0.25, 0.3) is 0 Å². The second kappa shape index (κ2) is 4.16. The summed E-state index contributed by atoms with van der Waals surface area (Å²) in [5.74, 6) is -9.25. The first-order valence-electron chi connectivity index (χ1n) is 3.64. The lowest BCUT2D eigenvalue weighted by molar-refractivity contribution is 0.361. The summed E-state index contributed by atoms with van der Waals surface area (Å²) in [6.45, 7) is 1.54. The minimum absolute atomic E-state index is 0.221. The molecule has 0 aliphatic carbocycles. The predicted octanol–water partition coefficient (Wildman–Crippen LogP) is 3.49. The van der Waals surface area contributed by atoms with E-state index in [2.05, 4.69) is 0 Å². The van der Waals surface area contributed by atoms with E-state index in [-0.39, 0.29) is 5.75 Å². The lowest BCUT2D eigenvalue weighted by Gasteiger charge is -2.05. The van der Waals surface area contributed by atoms with Crippen molar-refractivity contribution >= 4 is 11.8 Å². The zero-order chi connectivity index (χ0) is 10.9. The van der Waals surface area contributed by atoms with Gasteiger partial charge in [-0.3, -0.25) is 0 Å². The highest BCUT2D eigenvalue weighted by atomic mass is 32.2. The van der Waals surface area contributed by atoms with Crippen LogP contribution >= 0.6 is 11.8 Å². The van der Waals surface area contributed by atoms with E-state index in [9.17, 15) is 22.0 Å². The summed E-state index contributed by atoms with van der Waals surface area (Å²) in [7, 11) is 0. The average Bonchev–Trinajstić information content (AvgIpc) is 2.19. The van der Waals surface area contributed by atoms with Crippen LogP contribution < -0.4 is 0 Å². The number of halogens is 5. The summed E-state index contributed by atoms with van der Waals surface area (Å²) in [5.41, 5.74) is 0. The number of hydrogen-bond donors (Lipinski definition) is 0. The van der Waals surface area contributed by atoms with Gasteiger partial charge in [0, 0.05) is 0 Å². The highest BCUT2D eigenvalue weighted by molar-refractivity contribution is 7.99. The molecule has 6 heteroatoms. The summed E-state index contributed by atoms with van der Waals surface area (Å²) in [6.07, 6.45) is 0. The first-order valence-corrected chi connectivity index (χ1v) is 4.63. The molecule has 0 amide bonds. The van der Waals surface area contributed by atoms with Crippen molar-refractivity contribution in [2.75, 3.05) is 5.75 Å². The van der Waals surface area contributed by atoms with E-state index in [4.69, 9.17) is 0 Å². The zero-order valence-electron chi connectivity index (χ0n) is 7.01. The molecule has 1 aromatic carbocycles. The van der Waals surface area contributed by atoms with Gasteiger partial charge in [-0.05, 0) is 5.75 Å². The van der Waals surface area contributed by atoms with E-state index in [0.717, 1.165) is 0 Å². The van der Waals surface area contributed by atoms with E-state index in [1.165, 1.54) is 0 Å². The Kier molecular flexibility index (Phi) is 3.36. The second-order valence-electron chi connectivity index (χ2n) is 2.33. The van der Waals surface area contributed by atoms with Crippen LogP contribution in [0.1, 0.15) is 6.92 Å². The molecule has 0 spiro atoms. The van der Waals surface area contributed by atoms with Crippen molar-refractivity contribution in [3.8, 4) is 0 Å². The maximum Gasteiger partial charge on any atom is 0.200 e. The number of hydrogen-bond acceptors (Lipinski definition) is 1. The standard InChI is InChI=1S/C8H5F5S/c1-2-14-8-6(12)4(10)3(9)5(11)7(8)13/h2H2,1H3. The lowest BCUT2D eigenvalue weighted by Crippen LogP contribution is -2.03. The third-order valence-corrected chi connectivity index (χ3v) is 2.39. The Morgan fingerprint density at radius 1 is 0.786 bits per heavy atom. The minimum atomic E-state index is -2.12. The first-order chi connectivity index (χ1) is 6.50. The average molecular weight is 228 g/mol. The van der Waals surface area contributed by atoms with Gasteiger partial charge in [0.1, 0.15) is 0 Å². The molecule has 0 bridgehead atoms. The Labute approximate surface area is 81.1 Å². The van der Waals surface area contributed by atoms with E-state index in [1.54, 1.807) is 6.92 Å². The summed E-state index contributed by atoms with van der Waals surface area (Å²) in [6, 6.07) is 0. The van der Waals surface area contributed by atoms with Crippen LogP contribution in [0.5, 0.6) is 0 Å². The molecule has 0 nitrogen and oxygen atoms in total. The fourth-order valence-electron chi connectivity index (χ4n) is 0.856. The van der Waals surface area contributed by atoms with Crippen molar-refractivity contribution in [2.24, 2.45) is 0 Å². The maximum absolute atomic E-state index is 12.8. The van der Waals surface area contributed by atoms with Gasteiger partial charge in [-0.1, -0.05) is 6.92 Å². The fraction of sp³-hybridized carbons (Fsp3) is 0.250. The molecule has 0 saturated carbocycles. The summed E-state index contributed by atoms with van der Waals surface area (Å²) in [5, 5.41) is 0. The predicted molar refractivity (Wildman–Crippen MR) is 42.6 cm³/mol. The molecule has 0 radical (unpaired) electrons. The Balaban J connectivity index is 3.43. The zero-order valence-corrected chi connectivity index (χ0v) is 7.82. The van der Waals surface area contributed by atoms with Crippen molar-refractivity contribution in [1.82, 2.24) is 0 Å². The molecule has 0 aliphatic heterocycles. The third kappa shape index (κ3) is 1.70. The largest absolute Gasteiger partial charge is 0.202 e. The quantitative estimate of drug-likeness (QED) is 0.323. The lowest BCUT2D eigenvalue weighted by atomic mass is 10.3. The Hall–Kier alpha value is -0.780. The van der Waals surface area contributed by atoms with Crippen molar-refractivity contribution < 1.29 is 22.0 Å². The summed E-state index contributed by atoms with van der Waals surface area (Å²) in [4.78, 5) is -0.830. The molecule has 1 rings (SSSR count). The number of thioether (sulfide) groups is 1. The fourth-order valence-corrected chi connectivity index (χ4v) is 1.58. The van der Waals surface area contributed by atoms with E-state index in [1.807, 2.05) is 0 Å². The minimum Gasteiger partial charge on any atom is -0.202 e. The van der Waals surface area contributed by atoms with Gasteiger partial charge < -0.3 is 0 Å². The molecule has 0 saturated heterocycles. The van der Waals surface area contributed by atoms with E-state index in [0.29, 0.717) is 11.8 Å². The first kappa shape index (κ1) is 11.3. The van der Waals surface area contributed by atoms with Crippen molar-refractivity contribution in [1.29, 1.82) is 0 Å². The van der Waals surface area contributed by atoms with Crippen LogP contribution in [-0.2, 0) is 0 Å². The molecule has 0 aliphatic rings. The normalized spacial score (nSPS) is 10.7. The van der Waals surface area contributed by atoms with Gasteiger partial charge in [-0.15, -0.1) is 11.8 Å². The molecule has 1 aromatic rings.